The smallest absolute Gasteiger partial charge is 0.271 e. The van der Waals surface area contributed by atoms with Crippen LogP contribution in [0.4, 0.5) is 0 Å². The summed E-state index contributed by atoms with van der Waals surface area (Å²) in [5.74, 6) is -0.440. The summed E-state index contributed by atoms with van der Waals surface area (Å²) in [5.41, 5.74) is 0.0643. The number of nitrogens with one attached hydrogen (secondary N) is 1. The Balaban J connectivity index is 2.52. The van der Waals surface area contributed by atoms with Crippen LogP contribution in [-0.2, 0) is 4.79 Å². The van der Waals surface area contributed by atoms with Crippen LogP contribution in [0.5, 0.6) is 0 Å². The zero-order chi connectivity index (χ0) is 15.1. The van der Waals surface area contributed by atoms with Crippen LogP contribution in [0.3, 0.4) is 0 Å². The Morgan fingerprint density at radius 3 is 2.50 bits per heavy atom. The molecule has 0 bridgehead atoms. The van der Waals surface area contributed by atoms with E-state index in [-0.39, 0.29) is 34.7 Å². The van der Waals surface area contributed by atoms with Gasteiger partial charge in [0.2, 0.25) is 5.91 Å². The summed E-state index contributed by atoms with van der Waals surface area (Å²) in [6.45, 7) is 5.37. The molecule has 20 heavy (non-hydrogen) atoms. The SMILES string of the molecule is CCN(CC)C(=O)CCNC(=O)c1nc(Cl)ccc1Cl. The van der Waals surface area contributed by atoms with Crippen LogP contribution >= 0.6 is 23.2 Å². The summed E-state index contributed by atoms with van der Waals surface area (Å²) in [5, 5.41) is 3.03. The van der Waals surface area contributed by atoms with Crippen LogP contribution in [0.15, 0.2) is 12.1 Å². The molecule has 2 amide bonds. The number of halogens is 2. The number of amides is 2. The van der Waals surface area contributed by atoms with Gasteiger partial charge in [-0.3, -0.25) is 9.59 Å². The largest absolute Gasteiger partial charge is 0.350 e. The maximum absolute atomic E-state index is 11.9. The lowest BCUT2D eigenvalue weighted by Crippen LogP contribution is -2.34. The van der Waals surface area contributed by atoms with Gasteiger partial charge in [0, 0.05) is 26.1 Å². The first kappa shape index (κ1) is 16.7. The lowest BCUT2D eigenvalue weighted by atomic mass is 10.3. The summed E-state index contributed by atoms with van der Waals surface area (Å²) >= 11 is 11.6. The van der Waals surface area contributed by atoms with Crippen molar-refractivity contribution < 1.29 is 9.59 Å². The molecule has 0 aliphatic carbocycles. The second kappa shape index (κ2) is 8.07. The number of pyridine rings is 1. The number of hydrogen-bond donors (Lipinski definition) is 1. The van der Waals surface area contributed by atoms with Gasteiger partial charge < -0.3 is 10.2 Å². The van der Waals surface area contributed by atoms with E-state index in [1.807, 2.05) is 13.8 Å². The van der Waals surface area contributed by atoms with Crippen LogP contribution < -0.4 is 5.32 Å². The average Bonchev–Trinajstić information content (AvgIpc) is 2.42. The van der Waals surface area contributed by atoms with E-state index < -0.39 is 5.91 Å². The summed E-state index contributed by atoms with van der Waals surface area (Å²) in [4.78, 5) is 29.2. The summed E-state index contributed by atoms with van der Waals surface area (Å²) < 4.78 is 0. The first-order valence-corrected chi connectivity index (χ1v) is 7.13. The highest BCUT2D eigenvalue weighted by Crippen LogP contribution is 2.16. The molecule has 1 N–H and O–H groups in total. The predicted octanol–water partition coefficient (Wildman–Crippen LogP) is 2.38. The molecular weight excluding hydrogens is 301 g/mol. The fourth-order valence-electron chi connectivity index (χ4n) is 1.68. The minimum absolute atomic E-state index is 0.000417. The highest BCUT2D eigenvalue weighted by Gasteiger charge is 2.14. The molecule has 0 aromatic carbocycles. The zero-order valence-corrected chi connectivity index (χ0v) is 13.0. The predicted molar refractivity (Wildman–Crippen MR) is 79.1 cm³/mol. The van der Waals surface area contributed by atoms with Gasteiger partial charge in [-0.05, 0) is 26.0 Å². The van der Waals surface area contributed by atoms with Crippen molar-refractivity contribution in [2.24, 2.45) is 0 Å². The Morgan fingerprint density at radius 1 is 1.25 bits per heavy atom. The molecule has 0 aliphatic heterocycles. The van der Waals surface area contributed by atoms with Crippen LogP contribution in [0.1, 0.15) is 30.8 Å². The molecule has 7 heteroatoms. The van der Waals surface area contributed by atoms with E-state index in [1.54, 1.807) is 4.90 Å². The lowest BCUT2D eigenvalue weighted by Gasteiger charge is -2.18. The van der Waals surface area contributed by atoms with E-state index in [4.69, 9.17) is 23.2 Å². The highest BCUT2D eigenvalue weighted by atomic mass is 35.5. The third kappa shape index (κ3) is 4.65. The first-order valence-electron chi connectivity index (χ1n) is 6.37. The minimum Gasteiger partial charge on any atom is -0.350 e. The van der Waals surface area contributed by atoms with Crippen LogP contribution in [0.2, 0.25) is 10.2 Å². The van der Waals surface area contributed by atoms with E-state index in [1.165, 1.54) is 12.1 Å². The highest BCUT2D eigenvalue weighted by molar-refractivity contribution is 6.34. The molecule has 1 aromatic heterocycles. The Kier molecular flexibility index (Phi) is 6.75. The number of carbonyl (C=O) groups is 2. The third-order valence-electron chi connectivity index (χ3n) is 2.77. The van der Waals surface area contributed by atoms with Crippen molar-refractivity contribution in [1.29, 1.82) is 0 Å². The lowest BCUT2D eigenvalue weighted by molar-refractivity contribution is -0.130. The first-order chi connectivity index (χ1) is 9.49. The normalized spacial score (nSPS) is 10.2. The van der Waals surface area contributed by atoms with Gasteiger partial charge in [0.15, 0.2) is 0 Å². The van der Waals surface area contributed by atoms with Gasteiger partial charge in [-0.15, -0.1) is 0 Å². The Labute approximate surface area is 128 Å². The van der Waals surface area contributed by atoms with Crippen molar-refractivity contribution in [2.75, 3.05) is 19.6 Å². The van der Waals surface area contributed by atoms with E-state index in [0.717, 1.165) is 0 Å². The Hall–Kier alpha value is -1.33. The second-order valence-corrected chi connectivity index (χ2v) is 4.83. The zero-order valence-electron chi connectivity index (χ0n) is 11.4. The molecule has 5 nitrogen and oxygen atoms in total. The topological polar surface area (TPSA) is 62.3 Å². The maximum Gasteiger partial charge on any atom is 0.271 e. The molecule has 0 aliphatic rings. The molecule has 0 fully saturated rings. The molecule has 0 atom stereocenters. The Morgan fingerprint density at radius 2 is 1.90 bits per heavy atom. The van der Waals surface area contributed by atoms with E-state index in [9.17, 15) is 9.59 Å². The summed E-state index contributed by atoms with van der Waals surface area (Å²) in [6.07, 6.45) is 0.242. The molecule has 0 radical (unpaired) electrons. The van der Waals surface area contributed by atoms with Crippen molar-refractivity contribution in [3.8, 4) is 0 Å². The van der Waals surface area contributed by atoms with Crippen molar-refractivity contribution in [1.82, 2.24) is 15.2 Å². The van der Waals surface area contributed by atoms with E-state index in [0.29, 0.717) is 13.1 Å². The van der Waals surface area contributed by atoms with Crippen molar-refractivity contribution >= 4 is 35.0 Å². The van der Waals surface area contributed by atoms with Crippen LogP contribution in [0, 0.1) is 0 Å². The molecule has 110 valence electrons. The number of hydrogen-bond acceptors (Lipinski definition) is 3. The van der Waals surface area contributed by atoms with Gasteiger partial charge in [-0.2, -0.15) is 0 Å². The van der Waals surface area contributed by atoms with Crippen molar-refractivity contribution in [3.63, 3.8) is 0 Å². The van der Waals surface area contributed by atoms with Gasteiger partial charge in [-0.25, -0.2) is 4.98 Å². The van der Waals surface area contributed by atoms with Crippen LogP contribution in [0.25, 0.3) is 0 Å². The Bertz CT molecular complexity index is 491. The van der Waals surface area contributed by atoms with Gasteiger partial charge in [0.25, 0.3) is 5.91 Å². The van der Waals surface area contributed by atoms with Gasteiger partial charge in [0.1, 0.15) is 10.8 Å². The second-order valence-electron chi connectivity index (χ2n) is 4.04. The summed E-state index contributed by atoms with van der Waals surface area (Å²) in [7, 11) is 0. The average molecular weight is 318 g/mol. The number of nitrogens with zero attached hydrogens (tertiary/aromatic N) is 2. The summed E-state index contributed by atoms with van der Waals surface area (Å²) in [6, 6.07) is 3.01. The number of aromatic nitrogens is 1. The standard InChI is InChI=1S/C13H17Cl2N3O2/c1-3-18(4-2)11(19)7-8-16-13(20)12-9(14)5-6-10(15)17-12/h5-6H,3-4,7-8H2,1-2H3,(H,16,20). The fraction of sp³-hybridized carbons (Fsp3) is 0.462. The molecule has 0 saturated carbocycles. The molecular formula is C13H17Cl2N3O2. The minimum atomic E-state index is -0.440. The van der Waals surface area contributed by atoms with E-state index in [2.05, 4.69) is 10.3 Å². The molecule has 1 aromatic rings. The molecule has 1 rings (SSSR count). The van der Waals surface area contributed by atoms with Gasteiger partial charge in [-0.1, -0.05) is 23.2 Å². The number of carbonyl (C=O) groups excluding carboxylic acids is 2. The molecule has 0 saturated heterocycles. The number of rotatable bonds is 6. The third-order valence-corrected chi connectivity index (χ3v) is 3.28. The molecule has 0 unspecified atom stereocenters. The van der Waals surface area contributed by atoms with Crippen molar-refractivity contribution in [2.45, 2.75) is 20.3 Å². The van der Waals surface area contributed by atoms with Gasteiger partial charge >= 0.3 is 0 Å². The molecule has 1 heterocycles. The van der Waals surface area contributed by atoms with Crippen molar-refractivity contribution in [3.05, 3.63) is 28.0 Å². The maximum atomic E-state index is 11.9. The quantitative estimate of drug-likeness (QED) is 0.819. The van der Waals surface area contributed by atoms with Gasteiger partial charge in [0.05, 0.1) is 5.02 Å². The van der Waals surface area contributed by atoms with E-state index >= 15 is 0 Å². The monoisotopic (exact) mass is 317 g/mol. The van der Waals surface area contributed by atoms with Crippen LogP contribution in [-0.4, -0.2) is 41.3 Å². The molecule has 0 spiro atoms. The fourth-order valence-corrected chi connectivity index (χ4v) is 2.02.